The number of benzene rings is 1. The summed E-state index contributed by atoms with van der Waals surface area (Å²) in [7, 11) is 0. The van der Waals surface area contributed by atoms with Crippen molar-refractivity contribution >= 4 is 29.2 Å². The summed E-state index contributed by atoms with van der Waals surface area (Å²) in [6.07, 6.45) is 5.59. The molecule has 0 aliphatic rings. The van der Waals surface area contributed by atoms with Crippen molar-refractivity contribution in [2.75, 3.05) is 0 Å². The van der Waals surface area contributed by atoms with E-state index in [-0.39, 0.29) is 5.91 Å². The van der Waals surface area contributed by atoms with Crippen molar-refractivity contribution in [1.29, 1.82) is 0 Å². The SMILES string of the molecule is CC(=O)n1cc(/C=C/C=O)c2ccccc21. The Kier molecular flexibility index (Phi) is 2.68. The quantitative estimate of drug-likeness (QED) is 0.568. The second kappa shape index (κ2) is 4.14. The van der Waals surface area contributed by atoms with Crippen LogP contribution >= 0.6 is 0 Å². The Labute approximate surface area is 93.0 Å². The summed E-state index contributed by atoms with van der Waals surface area (Å²) in [6.45, 7) is 1.51. The maximum atomic E-state index is 11.4. The van der Waals surface area contributed by atoms with Crippen LogP contribution in [0.1, 0.15) is 17.3 Å². The first kappa shape index (κ1) is 10.4. The molecule has 80 valence electrons. The number of allylic oxidation sites excluding steroid dienone is 1. The van der Waals surface area contributed by atoms with Gasteiger partial charge in [0.1, 0.15) is 6.29 Å². The second-order valence-electron chi connectivity index (χ2n) is 3.49. The Morgan fingerprint density at radius 1 is 1.31 bits per heavy atom. The fourth-order valence-corrected chi connectivity index (χ4v) is 1.74. The van der Waals surface area contributed by atoms with Crippen LogP contribution in [-0.2, 0) is 4.79 Å². The average Bonchev–Trinajstić information content (AvgIpc) is 2.65. The van der Waals surface area contributed by atoms with E-state index < -0.39 is 0 Å². The van der Waals surface area contributed by atoms with E-state index in [0.717, 1.165) is 22.8 Å². The Hall–Kier alpha value is -2.16. The van der Waals surface area contributed by atoms with Gasteiger partial charge in [-0.3, -0.25) is 14.2 Å². The predicted molar refractivity (Wildman–Crippen MR) is 63.3 cm³/mol. The van der Waals surface area contributed by atoms with E-state index in [0.29, 0.717) is 0 Å². The zero-order chi connectivity index (χ0) is 11.5. The molecule has 2 aromatic rings. The average molecular weight is 213 g/mol. The van der Waals surface area contributed by atoms with E-state index in [4.69, 9.17) is 0 Å². The van der Waals surface area contributed by atoms with Gasteiger partial charge in [-0.15, -0.1) is 0 Å². The minimum absolute atomic E-state index is 0.0399. The number of nitrogens with zero attached hydrogens (tertiary/aromatic N) is 1. The molecule has 0 saturated heterocycles. The van der Waals surface area contributed by atoms with Gasteiger partial charge in [0.05, 0.1) is 5.52 Å². The van der Waals surface area contributed by atoms with Crippen LogP contribution in [0, 0.1) is 0 Å². The molecule has 1 aromatic heterocycles. The minimum atomic E-state index is -0.0399. The van der Waals surface area contributed by atoms with Crippen molar-refractivity contribution in [2.45, 2.75) is 6.92 Å². The van der Waals surface area contributed by atoms with Crippen molar-refractivity contribution in [3.05, 3.63) is 42.1 Å². The highest BCUT2D eigenvalue weighted by atomic mass is 16.1. The van der Waals surface area contributed by atoms with Crippen LogP contribution < -0.4 is 0 Å². The fourth-order valence-electron chi connectivity index (χ4n) is 1.74. The standard InChI is InChI=1S/C13H11NO2/c1-10(16)14-9-11(5-4-8-15)12-6-2-3-7-13(12)14/h2-9H,1H3/b5-4+. The molecule has 0 N–H and O–H groups in total. The lowest BCUT2D eigenvalue weighted by molar-refractivity contribution is -0.104. The van der Waals surface area contributed by atoms with Gasteiger partial charge in [0.2, 0.25) is 5.91 Å². The zero-order valence-corrected chi connectivity index (χ0v) is 8.88. The molecule has 1 aromatic carbocycles. The van der Waals surface area contributed by atoms with Gasteiger partial charge in [-0.05, 0) is 18.2 Å². The molecule has 0 fully saturated rings. The van der Waals surface area contributed by atoms with E-state index >= 15 is 0 Å². The topological polar surface area (TPSA) is 39.1 Å². The summed E-state index contributed by atoms with van der Waals surface area (Å²) in [4.78, 5) is 21.7. The minimum Gasteiger partial charge on any atom is -0.299 e. The van der Waals surface area contributed by atoms with E-state index in [1.807, 2.05) is 24.3 Å². The van der Waals surface area contributed by atoms with Crippen molar-refractivity contribution < 1.29 is 9.59 Å². The third kappa shape index (κ3) is 1.67. The van der Waals surface area contributed by atoms with Gasteiger partial charge in [-0.25, -0.2) is 0 Å². The Morgan fingerprint density at radius 2 is 2.06 bits per heavy atom. The number of fused-ring (bicyclic) bond motifs is 1. The molecular weight excluding hydrogens is 202 g/mol. The van der Waals surface area contributed by atoms with E-state index in [1.165, 1.54) is 13.0 Å². The normalized spacial score (nSPS) is 11.1. The van der Waals surface area contributed by atoms with Gasteiger partial charge in [-0.1, -0.05) is 18.2 Å². The van der Waals surface area contributed by atoms with E-state index in [1.54, 1.807) is 16.8 Å². The number of carbonyl (C=O) groups is 2. The Balaban J connectivity index is 2.71. The number of rotatable bonds is 2. The van der Waals surface area contributed by atoms with Crippen LogP contribution in [-0.4, -0.2) is 16.8 Å². The van der Waals surface area contributed by atoms with Gasteiger partial charge in [0.15, 0.2) is 0 Å². The first-order valence-corrected chi connectivity index (χ1v) is 4.97. The molecule has 3 heteroatoms. The van der Waals surface area contributed by atoms with Crippen LogP contribution in [0.25, 0.3) is 17.0 Å². The van der Waals surface area contributed by atoms with Gasteiger partial charge in [0, 0.05) is 24.1 Å². The van der Waals surface area contributed by atoms with Crippen molar-refractivity contribution in [2.24, 2.45) is 0 Å². The summed E-state index contributed by atoms with van der Waals surface area (Å²) in [5.41, 5.74) is 1.73. The molecule has 1 heterocycles. The highest BCUT2D eigenvalue weighted by Gasteiger charge is 2.07. The second-order valence-corrected chi connectivity index (χ2v) is 3.49. The van der Waals surface area contributed by atoms with Crippen LogP contribution in [0.5, 0.6) is 0 Å². The summed E-state index contributed by atoms with van der Waals surface area (Å²) in [5, 5.41) is 0.968. The Bertz CT molecular complexity index is 579. The third-order valence-corrected chi connectivity index (χ3v) is 2.44. The lowest BCUT2D eigenvalue weighted by Crippen LogP contribution is -2.02. The van der Waals surface area contributed by atoms with Crippen LogP contribution in [0.4, 0.5) is 0 Å². The van der Waals surface area contributed by atoms with Crippen molar-refractivity contribution in [3.63, 3.8) is 0 Å². The smallest absolute Gasteiger partial charge is 0.227 e. The number of aldehydes is 1. The van der Waals surface area contributed by atoms with Crippen LogP contribution in [0.2, 0.25) is 0 Å². The maximum absolute atomic E-state index is 11.4. The zero-order valence-electron chi connectivity index (χ0n) is 8.88. The molecular formula is C13H11NO2. The number of hydrogen-bond acceptors (Lipinski definition) is 2. The molecule has 0 radical (unpaired) electrons. The number of para-hydroxylation sites is 1. The number of carbonyl (C=O) groups excluding carboxylic acids is 2. The molecule has 0 aliphatic carbocycles. The molecule has 0 unspecified atom stereocenters. The van der Waals surface area contributed by atoms with Gasteiger partial charge >= 0.3 is 0 Å². The van der Waals surface area contributed by atoms with Crippen molar-refractivity contribution in [1.82, 2.24) is 4.57 Å². The first-order valence-electron chi connectivity index (χ1n) is 4.97. The highest BCUT2D eigenvalue weighted by Crippen LogP contribution is 2.22. The summed E-state index contributed by atoms with van der Waals surface area (Å²) in [6, 6.07) is 7.61. The molecule has 0 saturated carbocycles. The van der Waals surface area contributed by atoms with Crippen molar-refractivity contribution in [3.8, 4) is 0 Å². The molecule has 2 rings (SSSR count). The molecule has 0 bridgehead atoms. The van der Waals surface area contributed by atoms with E-state index in [9.17, 15) is 9.59 Å². The monoisotopic (exact) mass is 213 g/mol. The lowest BCUT2D eigenvalue weighted by atomic mass is 10.2. The van der Waals surface area contributed by atoms with Gasteiger partial charge in [-0.2, -0.15) is 0 Å². The predicted octanol–water partition coefficient (Wildman–Crippen LogP) is 2.51. The van der Waals surface area contributed by atoms with Gasteiger partial charge in [0.25, 0.3) is 0 Å². The van der Waals surface area contributed by atoms with E-state index in [2.05, 4.69) is 0 Å². The summed E-state index contributed by atoms with van der Waals surface area (Å²) in [5.74, 6) is -0.0399. The number of aromatic nitrogens is 1. The molecule has 0 amide bonds. The highest BCUT2D eigenvalue weighted by molar-refractivity contribution is 5.97. The van der Waals surface area contributed by atoms with Crippen LogP contribution in [0.3, 0.4) is 0 Å². The Morgan fingerprint density at radius 3 is 2.75 bits per heavy atom. The fraction of sp³-hybridized carbons (Fsp3) is 0.0769. The molecule has 3 nitrogen and oxygen atoms in total. The number of hydrogen-bond donors (Lipinski definition) is 0. The van der Waals surface area contributed by atoms with Crippen LogP contribution in [0.15, 0.2) is 36.5 Å². The molecule has 0 atom stereocenters. The largest absolute Gasteiger partial charge is 0.299 e. The maximum Gasteiger partial charge on any atom is 0.227 e. The molecule has 0 aliphatic heterocycles. The first-order chi connectivity index (χ1) is 7.74. The summed E-state index contributed by atoms with van der Waals surface area (Å²) < 4.78 is 1.58. The lowest BCUT2D eigenvalue weighted by Gasteiger charge is -1.96. The third-order valence-electron chi connectivity index (χ3n) is 2.44. The summed E-state index contributed by atoms with van der Waals surface area (Å²) >= 11 is 0. The van der Waals surface area contributed by atoms with Gasteiger partial charge < -0.3 is 0 Å². The molecule has 0 spiro atoms. The molecule has 16 heavy (non-hydrogen) atoms.